The lowest BCUT2D eigenvalue weighted by molar-refractivity contribution is 0.667. The Bertz CT molecular complexity index is 2850. The summed E-state index contributed by atoms with van der Waals surface area (Å²) >= 11 is 0. The lowest BCUT2D eigenvalue weighted by Crippen LogP contribution is -2.00. The molecule has 0 bridgehead atoms. The highest BCUT2D eigenvalue weighted by Crippen LogP contribution is 2.40. The summed E-state index contributed by atoms with van der Waals surface area (Å²) in [5, 5.41) is 6.37. The summed E-state index contributed by atoms with van der Waals surface area (Å²) in [7, 11) is 0. The van der Waals surface area contributed by atoms with Crippen molar-refractivity contribution in [2.24, 2.45) is 0 Å². The number of benzene rings is 6. The third-order valence-corrected chi connectivity index (χ3v) is 9.03. The van der Waals surface area contributed by atoms with Crippen LogP contribution in [0.15, 0.2) is 155 Å². The maximum Gasteiger partial charge on any atom is 0.166 e. The Morgan fingerprint density at radius 2 is 1.00 bits per heavy atom. The second kappa shape index (κ2) is 10.4. The lowest BCUT2D eigenvalue weighted by atomic mass is 9.94. The molecule has 0 atom stereocenters. The van der Waals surface area contributed by atoms with Crippen LogP contribution in [0, 0.1) is 0 Å². The minimum atomic E-state index is 0.538. The fraction of sp³-hybridized carbons (Fsp3) is 0. The molecule has 224 valence electrons. The van der Waals surface area contributed by atoms with E-state index in [1.807, 2.05) is 72.9 Å². The van der Waals surface area contributed by atoms with Gasteiger partial charge in [0.15, 0.2) is 23.1 Å². The van der Waals surface area contributed by atoms with Gasteiger partial charge in [0.25, 0.3) is 0 Å². The number of hydrogen-bond donors (Lipinski definition) is 0. The highest BCUT2D eigenvalue weighted by molar-refractivity contribution is 6.15. The standard InChI is InChI=1S/C42H24N4O2/c1-2-10-25(11-3-1)40-44-41(46-42(45-40)33-23-43-24-37-39(33)32-14-5-7-18-35(32)48-37)27-20-21-28-26(22-27)12-8-15-29(28)30-16-9-19-36-38(30)31-13-4-6-17-34(31)47-36/h1-24H. The number of rotatable bonds is 4. The molecule has 10 aromatic rings. The second-order valence-corrected chi connectivity index (χ2v) is 11.8. The fourth-order valence-corrected chi connectivity index (χ4v) is 6.85. The van der Waals surface area contributed by atoms with Gasteiger partial charge in [-0.15, -0.1) is 0 Å². The van der Waals surface area contributed by atoms with Gasteiger partial charge in [0.05, 0.1) is 6.20 Å². The molecule has 48 heavy (non-hydrogen) atoms. The number of pyridine rings is 1. The van der Waals surface area contributed by atoms with Crippen LogP contribution in [-0.2, 0) is 0 Å². The highest BCUT2D eigenvalue weighted by atomic mass is 16.3. The smallest absolute Gasteiger partial charge is 0.166 e. The van der Waals surface area contributed by atoms with Gasteiger partial charge >= 0.3 is 0 Å². The third-order valence-electron chi connectivity index (χ3n) is 9.03. The highest BCUT2D eigenvalue weighted by Gasteiger charge is 2.19. The molecule has 6 nitrogen and oxygen atoms in total. The van der Waals surface area contributed by atoms with Gasteiger partial charge in [0.2, 0.25) is 0 Å². The van der Waals surface area contributed by atoms with Crippen LogP contribution in [-0.4, -0.2) is 19.9 Å². The topological polar surface area (TPSA) is 77.8 Å². The molecule has 0 amide bonds. The zero-order chi connectivity index (χ0) is 31.6. The average Bonchev–Trinajstić information content (AvgIpc) is 3.73. The summed E-state index contributed by atoms with van der Waals surface area (Å²) < 4.78 is 12.4. The average molecular weight is 617 g/mol. The van der Waals surface area contributed by atoms with Crippen molar-refractivity contribution in [2.45, 2.75) is 0 Å². The predicted molar refractivity (Wildman–Crippen MR) is 191 cm³/mol. The predicted octanol–water partition coefficient (Wildman–Crippen LogP) is 10.9. The summed E-state index contributed by atoms with van der Waals surface area (Å²) in [5.41, 5.74) is 8.12. The first kappa shape index (κ1) is 26.5. The summed E-state index contributed by atoms with van der Waals surface area (Å²) in [6.07, 6.45) is 3.55. The van der Waals surface area contributed by atoms with Crippen LogP contribution in [0.2, 0.25) is 0 Å². The number of nitrogens with zero attached hydrogens (tertiary/aromatic N) is 4. The van der Waals surface area contributed by atoms with E-state index in [4.69, 9.17) is 23.8 Å². The second-order valence-electron chi connectivity index (χ2n) is 11.8. The van der Waals surface area contributed by atoms with Crippen LogP contribution in [0.1, 0.15) is 0 Å². The molecule has 0 aliphatic rings. The Kier molecular flexibility index (Phi) is 5.77. The van der Waals surface area contributed by atoms with Crippen molar-refractivity contribution in [2.75, 3.05) is 0 Å². The minimum absolute atomic E-state index is 0.538. The molecule has 6 aromatic carbocycles. The van der Waals surface area contributed by atoms with Crippen LogP contribution < -0.4 is 0 Å². The minimum Gasteiger partial charge on any atom is -0.456 e. The number of para-hydroxylation sites is 2. The van der Waals surface area contributed by atoms with E-state index >= 15 is 0 Å². The summed E-state index contributed by atoms with van der Waals surface area (Å²) in [6, 6.07) is 45.3. The van der Waals surface area contributed by atoms with Crippen LogP contribution >= 0.6 is 0 Å². The van der Waals surface area contributed by atoms with E-state index in [0.717, 1.165) is 76.9 Å². The first-order valence-corrected chi connectivity index (χ1v) is 15.8. The molecule has 0 saturated heterocycles. The molecule has 0 radical (unpaired) electrons. The van der Waals surface area contributed by atoms with Crippen molar-refractivity contribution >= 4 is 54.6 Å². The van der Waals surface area contributed by atoms with Crippen molar-refractivity contribution in [1.82, 2.24) is 19.9 Å². The van der Waals surface area contributed by atoms with E-state index in [1.54, 1.807) is 6.20 Å². The van der Waals surface area contributed by atoms with Gasteiger partial charge in [-0.05, 0) is 46.2 Å². The zero-order valence-electron chi connectivity index (χ0n) is 25.5. The number of aromatic nitrogens is 4. The Morgan fingerprint density at radius 1 is 0.375 bits per heavy atom. The molecule has 0 unspecified atom stereocenters. The quantitative estimate of drug-likeness (QED) is 0.196. The van der Waals surface area contributed by atoms with Gasteiger partial charge in [0, 0.05) is 44.4 Å². The molecular weight excluding hydrogens is 592 g/mol. The van der Waals surface area contributed by atoms with Gasteiger partial charge in [-0.25, -0.2) is 15.0 Å². The Hall–Kier alpha value is -6.66. The Labute approximate surface area is 274 Å². The van der Waals surface area contributed by atoms with Crippen molar-refractivity contribution in [1.29, 1.82) is 0 Å². The SMILES string of the molecule is c1ccc(-c2nc(-c3ccc4c(-c5cccc6oc7ccccc7c56)cccc4c3)nc(-c3cncc4oc5ccccc5c34)n2)cc1. The van der Waals surface area contributed by atoms with Crippen LogP contribution in [0.25, 0.3) is 99.9 Å². The molecule has 0 fully saturated rings. The van der Waals surface area contributed by atoms with Crippen LogP contribution in [0.3, 0.4) is 0 Å². The third kappa shape index (κ3) is 4.13. The lowest BCUT2D eigenvalue weighted by Gasteiger charge is -2.11. The number of fused-ring (bicyclic) bond motifs is 7. The monoisotopic (exact) mass is 616 g/mol. The van der Waals surface area contributed by atoms with Crippen LogP contribution in [0.4, 0.5) is 0 Å². The van der Waals surface area contributed by atoms with E-state index in [-0.39, 0.29) is 0 Å². The molecule has 0 aliphatic carbocycles. The van der Waals surface area contributed by atoms with Crippen molar-refractivity contribution in [3.63, 3.8) is 0 Å². The molecule has 4 aromatic heterocycles. The van der Waals surface area contributed by atoms with Crippen molar-refractivity contribution < 1.29 is 8.83 Å². The van der Waals surface area contributed by atoms with Crippen molar-refractivity contribution in [3.05, 3.63) is 146 Å². The fourth-order valence-electron chi connectivity index (χ4n) is 6.85. The van der Waals surface area contributed by atoms with E-state index in [1.165, 1.54) is 0 Å². The van der Waals surface area contributed by atoms with Gasteiger partial charge in [-0.1, -0.05) is 109 Å². The number of hydrogen-bond acceptors (Lipinski definition) is 6. The van der Waals surface area contributed by atoms with E-state index < -0.39 is 0 Å². The summed E-state index contributed by atoms with van der Waals surface area (Å²) in [6.45, 7) is 0. The molecule has 0 aliphatic heterocycles. The number of furan rings is 2. The Balaban J connectivity index is 1.17. The van der Waals surface area contributed by atoms with E-state index in [0.29, 0.717) is 23.1 Å². The van der Waals surface area contributed by atoms with Crippen molar-refractivity contribution in [3.8, 4) is 45.3 Å². The molecule has 0 N–H and O–H groups in total. The summed E-state index contributed by atoms with van der Waals surface area (Å²) in [5.74, 6) is 1.71. The van der Waals surface area contributed by atoms with E-state index in [2.05, 4.69) is 71.7 Å². The largest absolute Gasteiger partial charge is 0.456 e. The molecular formula is C42H24N4O2. The Morgan fingerprint density at radius 3 is 1.81 bits per heavy atom. The zero-order valence-corrected chi connectivity index (χ0v) is 25.5. The molecule has 10 rings (SSSR count). The molecule has 4 heterocycles. The molecule has 6 heteroatoms. The first-order valence-electron chi connectivity index (χ1n) is 15.8. The van der Waals surface area contributed by atoms with Crippen LogP contribution in [0.5, 0.6) is 0 Å². The maximum atomic E-state index is 6.21. The normalized spacial score (nSPS) is 11.8. The van der Waals surface area contributed by atoms with Gasteiger partial charge in [-0.2, -0.15) is 0 Å². The summed E-state index contributed by atoms with van der Waals surface area (Å²) in [4.78, 5) is 19.6. The van der Waals surface area contributed by atoms with Gasteiger partial charge < -0.3 is 8.83 Å². The van der Waals surface area contributed by atoms with E-state index in [9.17, 15) is 0 Å². The molecule has 0 saturated carbocycles. The first-order chi connectivity index (χ1) is 23.8. The van der Waals surface area contributed by atoms with Gasteiger partial charge in [0.1, 0.15) is 16.7 Å². The maximum absolute atomic E-state index is 6.21. The van der Waals surface area contributed by atoms with Gasteiger partial charge in [-0.3, -0.25) is 4.98 Å². The molecule has 0 spiro atoms.